The number of fused-ring (bicyclic) bond motifs is 1. The Bertz CT molecular complexity index is 591. The topological polar surface area (TPSA) is 18.5 Å². The van der Waals surface area contributed by atoms with E-state index in [2.05, 4.69) is 31.2 Å². The fraction of sp³-hybridized carbons (Fsp3) is 0.333. The number of hydrogen-bond acceptors (Lipinski definition) is 2. The van der Waals surface area contributed by atoms with E-state index in [4.69, 9.17) is 9.47 Å². The first-order valence-electron chi connectivity index (χ1n) is 7.25. The molecule has 20 heavy (non-hydrogen) atoms. The summed E-state index contributed by atoms with van der Waals surface area (Å²) in [6.07, 6.45) is 1.23. The molecule has 0 spiro atoms. The minimum atomic E-state index is 0.142. The van der Waals surface area contributed by atoms with Crippen LogP contribution in [0.2, 0.25) is 0 Å². The zero-order chi connectivity index (χ0) is 13.9. The van der Waals surface area contributed by atoms with Gasteiger partial charge in [0.15, 0.2) is 0 Å². The van der Waals surface area contributed by atoms with Crippen LogP contribution in [0.1, 0.15) is 31.1 Å². The molecular weight excluding hydrogens is 248 g/mol. The van der Waals surface area contributed by atoms with Gasteiger partial charge in [-0.15, -0.1) is 0 Å². The van der Waals surface area contributed by atoms with Crippen LogP contribution >= 0.6 is 0 Å². The van der Waals surface area contributed by atoms with E-state index in [9.17, 15) is 0 Å². The number of rotatable bonds is 4. The van der Waals surface area contributed by atoms with Crippen LogP contribution in [0.15, 0.2) is 48.5 Å². The standard InChI is InChI=1S/C18H20O2/c1-3-19-15-8-6-9-16(12-15)20-18-13(2)11-14-7-4-5-10-17(14)18/h4-10,12-13,18H,3,11H2,1-2H3/t13-,18?/m1/s1. The lowest BCUT2D eigenvalue weighted by Crippen LogP contribution is -2.11. The predicted octanol–water partition coefficient (Wildman–Crippen LogP) is 4.40. The molecule has 0 N–H and O–H groups in total. The minimum absolute atomic E-state index is 0.142. The van der Waals surface area contributed by atoms with E-state index < -0.39 is 0 Å². The van der Waals surface area contributed by atoms with Crippen LogP contribution in [0.25, 0.3) is 0 Å². The van der Waals surface area contributed by atoms with Gasteiger partial charge in [-0.25, -0.2) is 0 Å². The molecule has 0 amide bonds. The molecule has 2 aromatic carbocycles. The average Bonchev–Trinajstić information content (AvgIpc) is 2.76. The maximum absolute atomic E-state index is 6.22. The largest absolute Gasteiger partial charge is 0.494 e. The van der Waals surface area contributed by atoms with E-state index in [1.54, 1.807) is 0 Å². The fourth-order valence-corrected chi connectivity index (χ4v) is 2.89. The van der Waals surface area contributed by atoms with Gasteiger partial charge in [-0.1, -0.05) is 37.3 Å². The monoisotopic (exact) mass is 268 g/mol. The second-order valence-electron chi connectivity index (χ2n) is 5.33. The Morgan fingerprint density at radius 1 is 1.05 bits per heavy atom. The van der Waals surface area contributed by atoms with Gasteiger partial charge >= 0.3 is 0 Å². The molecule has 0 saturated carbocycles. The van der Waals surface area contributed by atoms with E-state index in [0.717, 1.165) is 17.9 Å². The van der Waals surface area contributed by atoms with Crippen molar-refractivity contribution < 1.29 is 9.47 Å². The van der Waals surface area contributed by atoms with Crippen molar-refractivity contribution in [1.29, 1.82) is 0 Å². The third kappa shape index (κ3) is 2.51. The minimum Gasteiger partial charge on any atom is -0.494 e. The first-order chi connectivity index (χ1) is 9.78. The molecule has 1 unspecified atom stereocenters. The summed E-state index contributed by atoms with van der Waals surface area (Å²) in [4.78, 5) is 0. The molecule has 2 atom stereocenters. The van der Waals surface area contributed by atoms with Gasteiger partial charge in [-0.05, 0) is 36.6 Å². The van der Waals surface area contributed by atoms with Gasteiger partial charge in [0.05, 0.1) is 6.61 Å². The molecule has 2 nitrogen and oxygen atoms in total. The van der Waals surface area contributed by atoms with Crippen molar-refractivity contribution in [3.63, 3.8) is 0 Å². The molecular formula is C18H20O2. The van der Waals surface area contributed by atoms with Gasteiger partial charge in [0.2, 0.25) is 0 Å². The predicted molar refractivity (Wildman–Crippen MR) is 80.3 cm³/mol. The summed E-state index contributed by atoms with van der Waals surface area (Å²) in [5, 5.41) is 0. The van der Waals surface area contributed by atoms with Crippen LogP contribution in [-0.2, 0) is 6.42 Å². The Morgan fingerprint density at radius 2 is 1.85 bits per heavy atom. The van der Waals surface area contributed by atoms with Crippen molar-refractivity contribution in [3.05, 3.63) is 59.7 Å². The van der Waals surface area contributed by atoms with Gasteiger partial charge in [0.25, 0.3) is 0 Å². The zero-order valence-electron chi connectivity index (χ0n) is 12.0. The van der Waals surface area contributed by atoms with E-state index >= 15 is 0 Å². The molecule has 0 saturated heterocycles. The molecule has 104 valence electrons. The fourth-order valence-electron chi connectivity index (χ4n) is 2.89. The third-order valence-corrected chi connectivity index (χ3v) is 3.80. The Labute approximate surface area is 120 Å². The second-order valence-corrected chi connectivity index (χ2v) is 5.33. The van der Waals surface area contributed by atoms with Crippen LogP contribution < -0.4 is 9.47 Å². The quantitative estimate of drug-likeness (QED) is 0.818. The maximum atomic E-state index is 6.22. The summed E-state index contributed by atoms with van der Waals surface area (Å²) in [6, 6.07) is 16.5. The Morgan fingerprint density at radius 3 is 2.70 bits per heavy atom. The van der Waals surface area contributed by atoms with Crippen LogP contribution in [0.5, 0.6) is 11.5 Å². The van der Waals surface area contributed by atoms with Gasteiger partial charge in [0.1, 0.15) is 17.6 Å². The van der Waals surface area contributed by atoms with Crippen molar-refractivity contribution in [1.82, 2.24) is 0 Å². The lowest BCUT2D eigenvalue weighted by Gasteiger charge is -2.19. The molecule has 0 aromatic heterocycles. The summed E-state index contributed by atoms with van der Waals surface area (Å²) in [5.41, 5.74) is 2.73. The summed E-state index contributed by atoms with van der Waals surface area (Å²) in [5.74, 6) is 2.25. The molecule has 0 fully saturated rings. The Kier molecular flexibility index (Phi) is 3.64. The molecule has 2 heteroatoms. The smallest absolute Gasteiger partial charge is 0.127 e. The van der Waals surface area contributed by atoms with E-state index in [1.165, 1.54) is 11.1 Å². The van der Waals surface area contributed by atoms with Gasteiger partial charge in [-0.3, -0.25) is 0 Å². The molecule has 2 aromatic rings. The van der Waals surface area contributed by atoms with Crippen molar-refractivity contribution in [2.45, 2.75) is 26.4 Å². The average molecular weight is 268 g/mol. The zero-order valence-corrected chi connectivity index (χ0v) is 12.0. The van der Waals surface area contributed by atoms with Crippen molar-refractivity contribution >= 4 is 0 Å². The second kappa shape index (κ2) is 5.58. The highest BCUT2D eigenvalue weighted by Crippen LogP contribution is 2.39. The van der Waals surface area contributed by atoms with Crippen molar-refractivity contribution in [2.24, 2.45) is 5.92 Å². The summed E-state index contributed by atoms with van der Waals surface area (Å²) in [7, 11) is 0. The van der Waals surface area contributed by atoms with Gasteiger partial charge in [0, 0.05) is 12.0 Å². The molecule has 0 bridgehead atoms. The highest BCUT2D eigenvalue weighted by molar-refractivity contribution is 5.37. The normalized spacial score (nSPS) is 20.5. The molecule has 0 heterocycles. The third-order valence-electron chi connectivity index (χ3n) is 3.80. The SMILES string of the molecule is CCOc1cccc(OC2c3ccccc3C[C@H]2C)c1. The van der Waals surface area contributed by atoms with Gasteiger partial charge in [-0.2, -0.15) is 0 Å². The highest BCUT2D eigenvalue weighted by Gasteiger charge is 2.30. The first-order valence-corrected chi connectivity index (χ1v) is 7.25. The molecule has 1 aliphatic carbocycles. The Hall–Kier alpha value is -1.96. The van der Waals surface area contributed by atoms with Crippen LogP contribution in [0.3, 0.4) is 0 Å². The van der Waals surface area contributed by atoms with Crippen LogP contribution in [0, 0.1) is 5.92 Å². The van der Waals surface area contributed by atoms with E-state index in [0.29, 0.717) is 12.5 Å². The van der Waals surface area contributed by atoms with Gasteiger partial charge < -0.3 is 9.47 Å². The van der Waals surface area contributed by atoms with Crippen LogP contribution in [-0.4, -0.2) is 6.61 Å². The summed E-state index contributed by atoms with van der Waals surface area (Å²) < 4.78 is 11.7. The number of hydrogen-bond donors (Lipinski definition) is 0. The molecule has 1 aliphatic rings. The first kappa shape index (κ1) is 13.0. The lowest BCUT2D eigenvalue weighted by atomic mass is 10.1. The molecule has 0 aliphatic heterocycles. The van der Waals surface area contributed by atoms with E-state index in [1.807, 2.05) is 31.2 Å². The van der Waals surface area contributed by atoms with E-state index in [-0.39, 0.29) is 6.10 Å². The molecule has 0 radical (unpaired) electrons. The Balaban J connectivity index is 1.82. The molecule has 3 rings (SSSR count). The highest BCUT2D eigenvalue weighted by atomic mass is 16.5. The summed E-state index contributed by atoms with van der Waals surface area (Å²) in [6.45, 7) is 4.91. The maximum Gasteiger partial charge on any atom is 0.127 e. The lowest BCUT2D eigenvalue weighted by molar-refractivity contribution is 0.159. The number of benzene rings is 2. The van der Waals surface area contributed by atoms with Crippen molar-refractivity contribution in [3.8, 4) is 11.5 Å². The van der Waals surface area contributed by atoms with Crippen molar-refractivity contribution in [2.75, 3.05) is 6.61 Å². The number of ether oxygens (including phenoxy) is 2. The van der Waals surface area contributed by atoms with Crippen LogP contribution in [0.4, 0.5) is 0 Å². The summed E-state index contributed by atoms with van der Waals surface area (Å²) >= 11 is 0.